The molecule has 0 spiro atoms. The molecule has 2 rings (SSSR count). The van der Waals surface area contributed by atoms with E-state index in [1.165, 1.54) is 212 Å². The second-order valence-corrected chi connectivity index (χ2v) is 30.3. The van der Waals surface area contributed by atoms with Crippen molar-refractivity contribution in [3.8, 4) is 0 Å². The predicted molar refractivity (Wildman–Crippen MR) is 442 cm³/mol. The molecule has 106 heavy (non-hydrogen) atoms. The molecule has 14 nitrogen and oxygen atoms in total. The average Bonchev–Trinajstić information content (AvgIpc) is 0.789. The monoisotopic (exact) mass is 1490 g/mol. The Bertz CT molecular complexity index is 2260. The first-order chi connectivity index (χ1) is 52.1. The van der Waals surface area contributed by atoms with Crippen molar-refractivity contribution >= 4 is 5.91 Å². The Morgan fingerprint density at radius 1 is 0.349 bits per heavy atom. The SMILES string of the molecule is CC/C=C\C/C=C\C/C=C\C/C=C\C/C=C\C/C=C\C/C=C\C/C=C\C/C=C\C/C=C\CCCCCCCCCCC(=O)NC(COC1OC(CO)C(OC2OC(CO)C(O)C(O)C2O)C(O)C1O)C(O)CCCCCCCCCCCCCCCCCCCCCCCCCCCCCCCCCCC. The summed E-state index contributed by atoms with van der Waals surface area (Å²) in [6.07, 6.45) is 92.5. The van der Waals surface area contributed by atoms with Crippen LogP contribution < -0.4 is 5.32 Å². The molecule has 9 N–H and O–H groups in total. The number of hydrogen-bond donors (Lipinski definition) is 9. The number of carbonyl (C=O) groups is 1. The molecule has 2 saturated heterocycles. The number of aliphatic hydroxyl groups excluding tert-OH is 8. The molecule has 0 aromatic carbocycles. The van der Waals surface area contributed by atoms with Gasteiger partial charge >= 0.3 is 0 Å². The Hall–Kier alpha value is -3.61. The summed E-state index contributed by atoms with van der Waals surface area (Å²) in [5.41, 5.74) is 0. The van der Waals surface area contributed by atoms with Gasteiger partial charge in [-0.1, -0.05) is 386 Å². The van der Waals surface area contributed by atoms with Crippen LogP contribution in [-0.2, 0) is 23.7 Å². The van der Waals surface area contributed by atoms with Gasteiger partial charge in [-0.3, -0.25) is 4.79 Å². The number of unbranched alkanes of at least 4 members (excludes halogenated alkanes) is 40. The van der Waals surface area contributed by atoms with Gasteiger partial charge in [0, 0.05) is 6.42 Å². The Morgan fingerprint density at radius 3 is 1.00 bits per heavy atom. The van der Waals surface area contributed by atoms with Gasteiger partial charge in [-0.2, -0.15) is 0 Å². The van der Waals surface area contributed by atoms with Crippen molar-refractivity contribution in [3.05, 3.63) is 122 Å². The highest BCUT2D eigenvalue weighted by molar-refractivity contribution is 5.76. The topological polar surface area (TPSA) is 228 Å². The quantitative estimate of drug-likeness (QED) is 0.0204. The Kier molecular flexibility index (Phi) is 68.9. The van der Waals surface area contributed by atoms with Crippen molar-refractivity contribution in [3.63, 3.8) is 0 Å². The molecule has 2 aliphatic rings. The van der Waals surface area contributed by atoms with Crippen LogP contribution in [0.25, 0.3) is 0 Å². The average molecular weight is 1490 g/mol. The predicted octanol–water partition coefficient (Wildman–Crippen LogP) is 21.1. The van der Waals surface area contributed by atoms with E-state index in [4.69, 9.17) is 18.9 Å². The van der Waals surface area contributed by atoms with E-state index in [-0.39, 0.29) is 18.9 Å². The van der Waals surface area contributed by atoms with E-state index < -0.39 is 86.8 Å². The second-order valence-electron chi connectivity index (χ2n) is 30.3. The number of hydrogen-bond acceptors (Lipinski definition) is 13. The third-order valence-electron chi connectivity index (χ3n) is 20.7. The maximum Gasteiger partial charge on any atom is 0.220 e. The Balaban J connectivity index is 1.60. The lowest BCUT2D eigenvalue weighted by molar-refractivity contribution is -0.359. The first kappa shape index (κ1) is 98.5. The molecule has 2 heterocycles. The number of rotatable bonds is 73. The van der Waals surface area contributed by atoms with Crippen LogP contribution in [0.3, 0.4) is 0 Å². The van der Waals surface area contributed by atoms with Crippen LogP contribution in [0, 0.1) is 0 Å². The fourth-order valence-corrected chi connectivity index (χ4v) is 13.9. The summed E-state index contributed by atoms with van der Waals surface area (Å²) in [5.74, 6) is -0.215. The first-order valence-corrected chi connectivity index (χ1v) is 43.8. The normalized spacial score (nSPS) is 21.9. The molecule has 0 aromatic heterocycles. The number of ether oxygens (including phenoxy) is 4. The van der Waals surface area contributed by atoms with Crippen molar-refractivity contribution < 1.29 is 64.6 Å². The van der Waals surface area contributed by atoms with Crippen LogP contribution in [0.5, 0.6) is 0 Å². The van der Waals surface area contributed by atoms with E-state index in [0.29, 0.717) is 12.8 Å². The molecule has 12 unspecified atom stereocenters. The fourth-order valence-electron chi connectivity index (χ4n) is 13.9. The van der Waals surface area contributed by atoms with E-state index in [1.807, 2.05) is 0 Å². The summed E-state index contributed by atoms with van der Waals surface area (Å²) < 4.78 is 23.0. The van der Waals surface area contributed by atoms with Crippen LogP contribution in [0.2, 0.25) is 0 Å². The summed E-state index contributed by atoms with van der Waals surface area (Å²) in [5, 5.41) is 88.0. The fraction of sp³-hybridized carbons (Fsp3) is 0.772. The van der Waals surface area contributed by atoms with Crippen molar-refractivity contribution in [2.45, 2.75) is 434 Å². The highest BCUT2D eigenvalue weighted by Gasteiger charge is 2.51. The van der Waals surface area contributed by atoms with Gasteiger partial charge in [0.15, 0.2) is 12.6 Å². The summed E-state index contributed by atoms with van der Waals surface area (Å²) in [4.78, 5) is 13.4. The minimum atomic E-state index is -1.79. The minimum Gasteiger partial charge on any atom is -0.394 e. The van der Waals surface area contributed by atoms with Crippen LogP contribution in [0.4, 0.5) is 0 Å². The maximum absolute atomic E-state index is 13.4. The van der Waals surface area contributed by atoms with Gasteiger partial charge in [0.25, 0.3) is 0 Å². The van der Waals surface area contributed by atoms with Gasteiger partial charge in [0.1, 0.15) is 48.8 Å². The third kappa shape index (κ3) is 55.7. The Labute approximate surface area is 648 Å². The van der Waals surface area contributed by atoms with Gasteiger partial charge in [-0.15, -0.1) is 0 Å². The van der Waals surface area contributed by atoms with Gasteiger partial charge < -0.3 is 65.1 Å². The lowest BCUT2D eigenvalue weighted by Gasteiger charge is -2.46. The van der Waals surface area contributed by atoms with Crippen LogP contribution in [-0.4, -0.2) is 140 Å². The molecule has 12 atom stereocenters. The summed E-state index contributed by atoms with van der Waals surface area (Å²) in [6, 6.07) is -0.845. The lowest BCUT2D eigenvalue weighted by atomic mass is 9.97. The van der Waals surface area contributed by atoms with Crippen molar-refractivity contribution in [1.29, 1.82) is 0 Å². The minimum absolute atomic E-state index is 0.215. The number of nitrogens with one attached hydrogen (secondary N) is 1. The number of carbonyl (C=O) groups excluding carboxylic acids is 1. The summed E-state index contributed by atoms with van der Waals surface area (Å²) >= 11 is 0. The lowest BCUT2D eigenvalue weighted by Crippen LogP contribution is -2.65. The molecular weight excluding hydrogens is 1330 g/mol. The third-order valence-corrected chi connectivity index (χ3v) is 20.7. The zero-order valence-corrected chi connectivity index (χ0v) is 67.4. The second kappa shape index (κ2) is 74.2. The molecule has 2 fully saturated rings. The Morgan fingerprint density at radius 2 is 0.651 bits per heavy atom. The molecule has 0 radical (unpaired) electrons. The smallest absolute Gasteiger partial charge is 0.220 e. The van der Waals surface area contributed by atoms with E-state index in [2.05, 4.69) is 141 Å². The maximum atomic E-state index is 13.4. The molecule has 0 bridgehead atoms. The molecular formula is C92H161NO13. The molecule has 2 aliphatic heterocycles. The molecule has 0 saturated carbocycles. The number of allylic oxidation sites excluding steroid dienone is 20. The summed E-state index contributed by atoms with van der Waals surface area (Å²) in [6.45, 7) is 2.79. The van der Waals surface area contributed by atoms with Gasteiger partial charge in [-0.05, 0) is 89.9 Å². The van der Waals surface area contributed by atoms with E-state index >= 15 is 0 Å². The van der Waals surface area contributed by atoms with Crippen LogP contribution in [0.1, 0.15) is 361 Å². The first-order valence-electron chi connectivity index (χ1n) is 43.8. The highest BCUT2D eigenvalue weighted by Crippen LogP contribution is 2.30. The van der Waals surface area contributed by atoms with Crippen LogP contribution >= 0.6 is 0 Å². The molecule has 14 heteroatoms. The van der Waals surface area contributed by atoms with E-state index in [9.17, 15) is 45.6 Å². The van der Waals surface area contributed by atoms with Crippen molar-refractivity contribution in [2.75, 3.05) is 19.8 Å². The van der Waals surface area contributed by atoms with Gasteiger partial charge in [0.2, 0.25) is 5.91 Å². The van der Waals surface area contributed by atoms with Crippen LogP contribution in [0.15, 0.2) is 122 Å². The molecule has 1 amide bonds. The van der Waals surface area contributed by atoms with E-state index in [0.717, 1.165) is 116 Å². The standard InChI is InChI=1S/C92H161NO13/c1-3-5-7-9-11-13-15-17-19-21-23-25-27-29-31-33-35-37-38-39-40-41-42-44-46-48-50-52-54-56-58-60-62-64-66-68-70-72-74-76-84(97)93-80(79-103-91-89(102)87(100)90(83(78-95)105-91)106-92-88(101)86(99)85(98)82(77-94)104-92)81(96)75-73-71-69-67-65-63-61-59-57-55-53-51-49-47-45-43-36-34-32-30-28-26-24-22-20-18-16-14-12-10-8-6-4-2/h5,7,11,13,17,19,23,25,29,31,35,37,39-40,42,44,48,50,54,56,80-83,85-92,94-96,98-102H,3-4,6,8-10,12,14-16,18,20-22,24,26-28,30,32-34,36,38,41,43,45-47,49,51-53,55,57-79H2,1-2H3,(H,93,97)/b7-5-,13-11-,19-17-,25-23-,31-29-,37-35-,40-39-,44-42-,50-48-,56-54-. The summed E-state index contributed by atoms with van der Waals surface area (Å²) in [7, 11) is 0. The van der Waals surface area contributed by atoms with Gasteiger partial charge in [0.05, 0.1) is 32.0 Å². The molecule has 612 valence electrons. The number of amides is 1. The van der Waals surface area contributed by atoms with E-state index in [1.54, 1.807) is 0 Å². The zero-order chi connectivity index (χ0) is 76.5. The number of aliphatic hydroxyl groups is 8. The largest absolute Gasteiger partial charge is 0.394 e. The highest BCUT2D eigenvalue weighted by atomic mass is 16.7. The van der Waals surface area contributed by atoms with Crippen molar-refractivity contribution in [1.82, 2.24) is 5.32 Å². The van der Waals surface area contributed by atoms with Gasteiger partial charge in [-0.25, -0.2) is 0 Å². The molecule has 0 aromatic rings. The molecule has 0 aliphatic carbocycles. The van der Waals surface area contributed by atoms with Crippen molar-refractivity contribution in [2.24, 2.45) is 0 Å². The zero-order valence-electron chi connectivity index (χ0n) is 67.4.